The van der Waals surface area contributed by atoms with Crippen LogP contribution in [0.1, 0.15) is 63.5 Å². The number of nitrogens with one attached hydrogen (secondary N) is 2. The maximum atomic E-state index is 12.7. The number of likely N-dealkylation sites (tertiary alicyclic amines) is 1. The Hall–Kier alpha value is -3.40. The van der Waals surface area contributed by atoms with E-state index in [-0.39, 0.29) is 24.9 Å². The fourth-order valence-electron chi connectivity index (χ4n) is 5.73. The van der Waals surface area contributed by atoms with Crippen LogP contribution in [0.25, 0.3) is 11.0 Å². The summed E-state index contributed by atoms with van der Waals surface area (Å²) in [7, 11) is 0. The Morgan fingerprint density at radius 1 is 1.18 bits per heavy atom. The first-order valence-electron chi connectivity index (χ1n) is 13.9. The van der Waals surface area contributed by atoms with E-state index in [1.54, 1.807) is 24.0 Å². The molecule has 3 N–H and O–H groups in total. The van der Waals surface area contributed by atoms with E-state index in [2.05, 4.69) is 10.6 Å². The van der Waals surface area contributed by atoms with Crippen LogP contribution in [0.4, 0.5) is 0 Å². The van der Waals surface area contributed by atoms with Crippen molar-refractivity contribution in [1.82, 2.24) is 15.5 Å². The number of fused-ring (bicyclic) bond motifs is 2. The van der Waals surface area contributed by atoms with Crippen LogP contribution in [-0.4, -0.2) is 65.6 Å². The Morgan fingerprint density at radius 3 is 2.74 bits per heavy atom. The molecular weight excluding hydrogens is 502 g/mol. The van der Waals surface area contributed by atoms with Gasteiger partial charge in [0.25, 0.3) is 5.91 Å². The monoisotopic (exact) mass is 541 g/mol. The number of hydrogen-bond acceptors (Lipinski definition) is 7. The molecule has 2 aliphatic rings. The second kappa shape index (κ2) is 12.2. The van der Waals surface area contributed by atoms with Gasteiger partial charge >= 0.3 is 5.63 Å². The highest BCUT2D eigenvalue weighted by Gasteiger charge is 2.43. The summed E-state index contributed by atoms with van der Waals surface area (Å²) in [5.74, 6) is -0.655. The normalized spacial score (nSPS) is 21.6. The lowest BCUT2D eigenvalue weighted by Crippen LogP contribution is -2.56. The Balaban J connectivity index is 1.28. The Bertz CT molecular complexity index is 1290. The highest BCUT2D eigenvalue weighted by atomic mass is 16.5. The molecule has 1 aromatic heterocycles. The Labute approximate surface area is 228 Å². The summed E-state index contributed by atoms with van der Waals surface area (Å²) in [5.41, 5.74) is 0.898. The summed E-state index contributed by atoms with van der Waals surface area (Å²) in [6, 6.07) is 5.00. The zero-order valence-corrected chi connectivity index (χ0v) is 23.0. The lowest BCUT2D eigenvalue weighted by molar-refractivity contribution is -0.143. The van der Waals surface area contributed by atoms with Crippen molar-refractivity contribution in [3.63, 3.8) is 0 Å². The predicted molar refractivity (Wildman–Crippen MR) is 145 cm³/mol. The topological polar surface area (TPSA) is 138 Å². The molecule has 1 saturated heterocycles. The zero-order valence-electron chi connectivity index (χ0n) is 23.0. The number of nitrogens with zero attached hydrogens (tertiary/aromatic N) is 1. The van der Waals surface area contributed by atoms with E-state index >= 15 is 0 Å². The maximum absolute atomic E-state index is 12.7. The third-order valence-electron chi connectivity index (χ3n) is 7.87. The van der Waals surface area contributed by atoms with Gasteiger partial charge < -0.3 is 29.8 Å². The van der Waals surface area contributed by atoms with E-state index in [4.69, 9.17) is 9.15 Å². The average molecular weight is 542 g/mol. The third kappa shape index (κ3) is 6.79. The number of benzene rings is 1. The molecule has 10 nitrogen and oxygen atoms in total. The molecule has 2 heterocycles. The molecule has 2 fully saturated rings. The van der Waals surface area contributed by atoms with E-state index < -0.39 is 29.1 Å². The van der Waals surface area contributed by atoms with E-state index in [1.807, 2.05) is 13.8 Å². The fourth-order valence-corrected chi connectivity index (χ4v) is 5.73. The molecular formula is C29H39N3O7. The second-order valence-electron chi connectivity index (χ2n) is 10.9. The molecule has 4 rings (SSSR count). The van der Waals surface area contributed by atoms with Crippen molar-refractivity contribution in [2.24, 2.45) is 5.92 Å². The van der Waals surface area contributed by atoms with Crippen molar-refractivity contribution < 1.29 is 28.6 Å². The number of piperidine rings is 1. The molecule has 1 saturated carbocycles. The van der Waals surface area contributed by atoms with E-state index in [1.165, 1.54) is 6.07 Å². The van der Waals surface area contributed by atoms with Gasteiger partial charge in [0, 0.05) is 25.1 Å². The molecule has 0 radical (unpaired) electrons. The van der Waals surface area contributed by atoms with Crippen molar-refractivity contribution in [2.75, 3.05) is 26.2 Å². The number of ether oxygens (including phenoxy) is 1. The van der Waals surface area contributed by atoms with Crippen LogP contribution in [0.3, 0.4) is 0 Å². The Kier molecular flexibility index (Phi) is 8.94. The molecule has 1 aromatic carbocycles. The van der Waals surface area contributed by atoms with Crippen molar-refractivity contribution in [1.29, 1.82) is 0 Å². The van der Waals surface area contributed by atoms with E-state index in [9.17, 15) is 24.3 Å². The van der Waals surface area contributed by atoms with Crippen LogP contribution in [0.2, 0.25) is 0 Å². The smallest absolute Gasteiger partial charge is 0.336 e. The molecule has 10 heteroatoms. The molecule has 0 bridgehead atoms. The number of amides is 3. The minimum atomic E-state index is -0.923. The molecule has 2 aromatic rings. The molecule has 212 valence electrons. The molecule has 0 unspecified atom stereocenters. The summed E-state index contributed by atoms with van der Waals surface area (Å²) in [6.07, 6.45) is 4.89. The van der Waals surface area contributed by atoms with Crippen LogP contribution < -0.4 is 21.0 Å². The predicted octanol–water partition coefficient (Wildman–Crippen LogP) is 2.21. The molecule has 1 aliphatic carbocycles. The van der Waals surface area contributed by atoms with Crippen LogP contribution in [0, 0.1) is 12.8 Å². The first kappa shape index (κ1) is 28.6. The summed E-state index contributed by atoms with van der Waals surface area (Å²) in [4.78, 5) is 51.4. The average Bonchev–Trinajstić information content (AvgIpc) is 2.89. The number of hydrogen-bond donors (Lipinski definition) is 3. The SMILES string of the molecule is CCCc1cc(=O)oc2cc(C)cc(O[C@H](C)C(=O)NCC(=O)NCC(=O)N3CC[C@@]4(O)CCCC[C@H]4C3)c12. The molecule has 1 aliphatic heterocycles. The molecule has 0 spiro atoms. The summed E-state index contributed by atoms with van der Waals surface area (Å²) < 4.78 is 11.4. The fraction of sp³-hybridized carbons (Fsp3) is 0.586. The standard InChI is InChI=1S/C29H39N3O7/c1-4-7-20-14-26(35)39-23-13-18(2)12-22(27(20)23)38-19(3)28(36)31-15-24(33)30-16-25(34)32-11-10-29(37)9-6-5-8-21(29)17-32/h12-14,19,21,37H,4-11,15-17H2,1-3H3,(H,30,33)(H,31,36)/t19-,21+,29+/m1/s1. The minimum absolute atomic E-state index is 0.0834. The quantitative estimate of drug-likeness (QED) is 0.414. The van der Waals surface area contributed by atoms with Gasteiger partial charge in [-0.15, -0.1) is 0 Å². The van der Waals surface area contributed by atoms with Crippen LogP contribution in [-0.2, 0) is 20.8 Å². The van der Waals surface area contributed by atoms with Gasteiger partial charge in [0.1, 0.15) is 11.3 Å². The zero-order chi connectivity index (χ0) is 28.2. The molecule has 3 amide bonds. The van der Waals surface area contributed by atoms with Crippen LogP contribution in [0.15, 0.2) is 27.4 Å². The van der Waals surface area contributed by atoms with E-state index in [0.29, 0.717) is 42.6 Å². The third-order valence-corrected chi connectivity index (χ3v) is 7.87. The minimum Gasteiger partial charge on any atom is -0.480 e. The first-order chi connectivity index (χ1) is 18.6. The van der Waals surface area contributed by atoms with E-state index in [0.717, 1.165) is 43.2 Å². The number of carbonyl (C=O) groups excluding carboxylic acids is 3. The molecule has 39 heavy (non-hydrogen) atoms. The lowest BCUT2D eigenvalue weighted by atomic mass is 9.71. The van der Waals surface area contributed by atoms with Crippen molar-refractivity contribution in [3.05, 3.63) is 39.7 Å². The largest absolute Gasteiger partial charge is 0.480 e. The number of rotatable bonds is 9. The van der Waals surface area contributed by atoms with Gasteiger partial charge in [0.05, 0.1) is 24.1 Å². The summed E-state index contributed by atoms with van der Waals surface area (Å²) in [6.45, 7) is 5.95. The first-order valence-corrected chi connectivity index (χ1v) is 13.9. The highest BCUT2D eigenvalue weighted by molar-refractivity contribution is 5.91. The number of carbonyl (C=O) groups is 3. The molecule has 3 atom stereocenters. The van der Waals surface area contributed by atoms with Crippen LogP contribution in [0.5, 0.6) is 5.75 Å². The van der Waals surface area contributed by atoms with Crippen molar-refractivity contribution in [2.45, 2.75) is 77.4 Å². The highest BCUT2D eigenvalue weighted by Crippen LogP contribution is 2.39. The van der Waals surface area contributed by atoms with Gasteiger partial charge in [-0.25, -0.2) is 4.79 Å². The Morgan fingerprint density at radius 2 is 1.97 bits per heavy atom. The van der Waals surface area contributed by atoms with Gasteiger partial charge in [0.2, 0.25) is 11.8 Å². The van der Waals surface area contributed by atoms with Crippen molar-refractivity contribution in [3.8, 4) is 5.75 Å². The lowest BCUT2D eigenvalue weighted by Gasteiger charge is -2.47. The second-order valence-corrected chi connectivity index (χ2v) is 10.9. The van der Waals surface area contributed by atoms with Gasteiger partial charge in [-0.1, -0.05) is 26.2 Å². The van der Waals surface area contributed by atoms with Gasteiger partial charge in [-0.05, 0) is 62.8 Å². The maximum Gasteiger partial charge on any atom is 0.336 e. The summed E-state index contributed by atoms with van der Waals surface area (Å²) in [5, 5.41) is 16.6. The van der Waals surface area contributed by atoms with Gasteiger partial charge in [0.15, 0.2) is 6.10 Å². The summed E-state index contributed by atoms with van der Waals surface area (Å²) >= 11 is 0. The van der Waals surface area contributed by atoms with Gasteiger partial charge in [-0.2, -0.15) is 0 Å². The van der Waals surface area contributed by atoms with Gasteiger partial charge in [-0.3, -0.25) is 14.4 Å². The van der Waals surface area contributed by atoms with Crippen molar-refractivity contribution >= 4 is 28.7 Å². The van der Waals surface area contributed by atoms with Crippen LogP contribution >= 0.6 is 0 Å². The number of aryl methyl sites for hydroxylation is 2. The number of aliphatic hydroxyl groups is 1.